The molecule has 0 amide bonds. The molecule has 0 atom stereocenters. The van der Waals surface area contributed by atoms with Gasteiger partial charge >= 0.3 is 0 Å². The van der Waals surface area contributed by atoms with Crippen molar-refractivity contribution in [1.82, 2.24) is 0 Å². The molecular weight excluding hydrogens is 456 g/mol. The van der Waals surface area contributed by atoms with Gasteiger partial charge in [-0.05, 0) is 0 Å². The zero-order valence-electron chi connectivity index (χ0n) is 19.4. The molecule has 0 fully saturated rings. The SMILES string of the molecule is FCCOCCOCC(COCCOCCF)(COCCOCCF)COCCOCCF. The second kappa shape index (κ2) is 26.0. The van der Waals surface area contributed by atoms with E-state index in [1.165, 1.54) is 0 Å². The van der Waals surface area contributed by atoms with E-state index >= 15 is 0 Å². The topological polar surface area (TPSA) is 73.8 Å². The number of hydrogen-bond donors (Lipinski definition) is 0. The number of hydrogen-bond acceptors (Lipinski definition) is 8. The van der Waals surface area contributed by atoms with Gasteiger partial charge in [0, 0.05) is 0 Å². The number of rotatable bonds is 28. The van der Waals surface area contributed by atoms with Gasteiger partial charge in [0.15, 0.2) is 0 Å². The molecule has 0 rings (SSSR count). The maximum atomic E-state index is 12.1. The molecule has 200 valence electrons. The molecule has 0 radical (unpaired) electrons. The monoisotopic (exact) mass is 496 g/mol. The molecule has 0 aromatic heterocycles. The summed E-state index contributed by atoms with van der Waals surface area (Å²) >= 11 is 0. The predicted octanol–water partition coefficient (Wildman–Crippen LogP) is 1.98. The Hall–Kier alpha value is -0.600. The maximum absolute atomic E-state index is 12.1. The standard InChI is InChI=1S/C21H40F4O8/c22-1-5-26-9-13-30-17-21(18-31-14-10-27-6-2-23,19-32-15-11-28-7-3-24)20-33-16-12-29-8-4-25/h1-20H2. The second-order valence-corrected chi connectivity index (χ2v) is 6.92. The Bertz CT molecular complexity index is 317. The third-order valence-electron chi connectivity index (χ3n) is 4.01. The van der Waals surface area contributed by atoms with Gasteiger partial charge in [-0.2, -0.15) is 0 Å². The van der Waals surface area contributed by atoms with Crippen LogP contribution in [0.2, 0.25) is 0 Å². The Kier molecular flexibility index (Phi) is 25.5. The highest BCUT2D eigenvalue weighted by atomic mass is 19.1. The summed E-state index contributed by atoms with van der Waals surface area (Å²) in [7, 11) is 0. The maximum Gasteiger partial charge on any atom is 0.113 e. The van der Waals surface area contributed by atoms with Crippen LogP contribution in [0.5, 0.6) is 0 Å². The normalized spacial score (nSPS) is 12.0. The first-order valence-corrected chi connectivity index (χ1v) is 11.1. The summed E-state index contributed by atoms with van der Waals surface area (Å²) in [6.07, 6.45) is 0. The van der Waals surface area contributed by atoms with Crippen LogP contribution in [0.15, 0.2) is 0 Å². The van der Waals surface area contributed by atoms with Crippen molar-refractivity contribution in [2.24, 2.45) is 5.41 Å². The van der Waals surface area contributed by atoms with E-state index in [4.69, 9.17) is 37.9 Å². The Labute approximate surface area is 194 Å². The fourth-order valence-corrected chi connectivity index (χ4v) is 2.50. The summed E-state index contributed by atoms with van der Waals surface area (Å²) in [5.41, 5.74) is -0.722. The van der Waals surface area contributed by atoms with E-state index < -0.39 is 32.1 Å². The molecule has 0 saturated carbocycles. The zero-order chi connectivity index (χ0) is 24.3. The smallest absolute Gasteiger partial charge is 0.113 e. The lowest BCUT2D eigenvalue weighted by Gasteiger charge is -2.33. The van der Waals surface area contributed by atoms with Crippen LogP contribution in [0.4, 0.5) is 17.6 Å². The molecule has 0 heterocycles. The fourth-order valence-electron chi connectivity index (χ4n) is 2.50. The number of halogens is 4. The van der Waals surface area contributed by atoms with E-state index in [9.17, 15) is 17.6 Å². The van der Waals surface area contributed by atoms with Gasteiger partial charge in [-0.3, -0.25) is 0 Å². The number of ether oxygens (including phenoxy) is 8. The molecule has 0 aliphatic carbocycles. The molecule has 33 heavy (non-hydrogen) atoms. The van der Waals surface area contributed by atoms with Crippen molar-refractivity contribution in [2.45, 2.75) is 0 Å². The molecule has 8 nitrogen and oxygen atoms in total. The summed E-state index contributed by atoms with van der Waals surface area (Å²) in [6, 6.07) is 0. The lowest BCUT2D eigenvalue weighted by molar-refractivity contribution is -0.121. The molecule has 0 spiro atoms. The van der Waals surface area contributed by atoms with E-state index in [1.807, 2.05) is 0 Å². The molecule has 0 aromatic rings. The highest BCUT2D eigenvalue weighted by Gasteiger charge is 2.32. The van der Waals surface area contributed by atoms with Gasteiger partial charge in [-0.15, -0.1) is 0 Å². The van der Waals surface area contributed by atoms with E-state index in [-0.39, 0.29) is 106 Å². The zero-order valence-corrected chi connectivity index (χ0v) is 19.4. The van der Waals surface area contributed by atoms with Crippen molar-refractivity contribution in [1.29, 1.82) is 0 Å². The van der Waals surface area contributed by atoms with Gasteiger partial charge < -0.3 is 37.9 Å². The molecular formula is C21H40F4O8. The van der Waals surface area contributed by atoms with Crippen LogP contribution in [-0.4, -0.2) is 132 Å². The summed E-state index contributed by atoms with van der Waals surface area (Å²) in [5.74, 6) is 0. The Balaban J connectivity index is 4.74. The molecule has 0 aliphatic rings. The van der Waals surface area contributed by atoms with Crippen molar-refractivity contribution in [2.75, 3.05) is 132 Å². The van der Waals surface area contributed by atoms with Crippen LogP contribution in [0.25, 0.3) is 0 Å². The van der Waals surface area contributed by atoms with Gasteiger partial charge in [0.1, 0.15) is 26.7 Å². The van der Waals surface area contributed by atoms with Crippen LogP contribution in [0.3, 0.4) is 0 Å². The second-order valence-electron chi connectivity index (χ2n) is 6.92. The van der Waals surface area contributed by atoms with Gasteiger partial charge in [0.25, 0.3) is 0 Å². The molecule has 0 saturated heterocycles. The van der Waals surface area contributed by atoms with E-state index in [0.717, 1.165) is 0 Å². The lowest BCUT2D eigenvalue weighted by atomic mass is 9.92. The molecule has 0 unspecified atom stereocenters. The Morgan fingerprint density at radius 3 is 0.727 bits per heavy atom. The molecule has 0 aliphatic heterocycles. The van der Waals surface area contributed by atoms with Gasteiger partial charge in [-0.25, -0.2) is 17.6 Å². The fraction of sp³-hybridized carbons (Fsp3) is 1.00. The van der Waals surface area contributed by atoms with Crippen LogP contribution in [0.1, 0.15) is 0 Å². The Morgan fingerprint density at radius 1 is 0.303 bits per heavy atom. The van der Waals surface area contributed by atoms with E-state index in [1.54, 1.807) is 0 Å². The average molecular weight is 497 g/mol. The first kappa shape index (κ1) is 32.4. The summed E-state index contributed by atoms with van der Waals surface area (Å²) in [6.45, 7) is 0.340. The molecule has 0 bridgehead atoms. The van der Waals surface area contributed by atoms with Gasteiger partial charge in [-0.1, -0.05) is 0 Å². The van der Waals surface area contributed by atoms with Crippen molar-refractivity contribution < 1.29 is 55.5 Å². The minimum absolute atomic E-state index is 0.000472. The third-order valence-corrected chi connectivity index (χ3v) is 4.01. The van der Waals surface area contributed by atoms with E-state index in [0.29, 0.717) is 0 Å². The van der Waals surface area contributed by atoms with Crippen molar-refractivity contribution in [3.05, 3.63) is 0 Å². The summed E-state index contributed by atoms with van der Waals surface area (Å²) in [5, 5.41) is 0. The highest BCUT2D eigenvalue weighted by molar-refractivity contribution is 4.79. The Morgan fingerprint density at radius 2 is 0.515 bits per heavy atom. The van der Waals surface area contributed by atoms with Crippen LogP contribution >= 0.6 is 0 Å². The van der Waals surface area contributed by atoms with Crippen molar-refractivity contribution in [3.8, 4) is 0 Å². The average Bonchev–Trinajstić information content (AvgIpc) is 2.83. The van der Waals surface area contributed by atoms with Gasteiger partial charge in [0.2, 0.25) is 0 Å². The largest absolute Gasteiger partial charge is 0.378 e. The van der Waals surface area contributed by atoms with Gasteiger partial charge in [0.05, 0.1) is 111 Å². The van der Waals surface area contributed by atoms with Crippen LogP contribution < -0.4 is 0 Å². The minimum Gasteiger partial charge on any atom is -0.378 e. The predicted molar refractivity (Wildman–Crippen MR) is 113 cm³/mol. The summed E-state index contributed by atoms with van der Waals surface area (Å²) < 4.78 is 91.6. The molecule has 12 heteroatoms. The van der Waals surface area contributed by atoms with Crippen molar-refractivity contribution >= 4 is 0 Å². The minimum atomic E-state index is -0.722. The summed E-state index contributed by atoms with van der Waals surface area (Å²) in [4.78, 5) is 0. The first-order valence-electron chi connectivity index (χ1n) is 11.1. The third kappa shape index (κ3) is 21.7. The quantitative estimate of drug-likeness (QED) is 0.120. The van der Waals surface area contributed by atoms with Crippen LogP contribution in [0, 0.1) is 5.41 Å². The molecule has 0 N–H and O–H groups in total. The first-order chi connectivity index (χ1) is 16.2. The number of alkyl halides is 4. The van der Waals surface area contributed by atoms with Crippen molar-refractivity contribution in [3.63, 3.8) is 0 Å². The lowest BCUT2D eigenvalue weighted by Crippen LogP contribution is -2.43. The highest BCUT2D eigenvalue weighted by Crippen LogP contribution is 2.21. The molecule has 0 aromatic carbocycles. The van der Waals surface area contributed by atoms with Crippen LogP contribution in [-0.2, 0) is 37.9 Å². The van der Waals surface area contributed by atoms with E-state index in [2.05, 4.69) is 0 Å².